The molecule has 1 aliphatic rings. The quantitative estimate of drug-likeness (QED) is 0.422. The lowest BCUT2D eigenvalue weighted by Gasteiger charge is -2.37. The molecule has 3 aromatic rings. The predicted molar refractivity (Wildman–Crippen MR) is 132 cm³/mol. The molecule has 0 bridgehead atoms. The van der Waals surface area contributed by atoms with Gasteiger partial charge in [0.15, 0.2) is 0 Å². The minimum atomic E-state index is -0.420. The van der Waals surface area contributed by atoms with E-state index in [4.69, 9.17) is 4.74 Å². The number of nitrogens with zero attached hydrogens (tertiary/aromatic N) is 2. The molecule has 1 aromatic heterocycles. The van der Waals surface area contributed by atoms with Crippen molar-refractivity contribution in [1.29, 1.82) is 0 Å². The lowest BCUT2D eigenvalue weighted by Crippen LogP contribution is -2.48. The van der Waals surface area contributed by atoms with Crippen LogP contribution in [0.2, 0.25) is 0 Å². The number of rotatable bonds is 8. The third-order valence-electron chi connectivity index (χ3n) is 5.93. The lowest BCUT2D eigenvalue weighted by atomic mass is 10.00. The van der Waals surface area contributed by atoms with Crippen molar-refractivity contribution in [3.63, 3.8) is 0 Å². The SMILES string of the molecule is CC(C)CN(CC(=O)N1CCc2sccc2[C@@H]1COc1ccc(F)cc1)C(=O)c1ccc(F)cc1. The highest BCUT2D eigenvalue weighted by atomic mass is 32.1. The molecule has 0 aliphatic carbocycles. The van der Waals surface area contributed by atoms with Crippen molar-refractivity contribution in [2.45, 2.75) is 26.3 Å². The smallest absolute Gasteiger partial charge is 0.254 e. The van der Waals surface area contributed by atoms with E-state index in [9.17, 15) is 18.4 Å². The molecular weight excluding hydrogens is 470 g/mol. The Hall–Kier alpha value is -3.26. The van der Waals surface area contributed by atoms with Gasteiger partial charge in [0.2, 0.25) is 5.91 Å². The first-order valence-electron chi connectivity index (χ1n) is 11.6. The highest BCUT2D eigenvalue weighted by Gasteiger charge is 2.33. The molecule has 35 heavy (non-hydrogen) atoms. The van der Waals surface area contributed by atoms with Gasteiger partial charge in [-0.2, -0.15) is 0 Å². The normalized spacial score (nSPS) is 15.1. The minimum absolute atomic E-state index is 0.0824. The van der Waals surface area contributed by atoms with Crippen molar-refractivity contribution >= 4 is 23.2 Å². The number of carbonyl (C=O) groups is 2. The number of fused-ring (bicyclic) bond motifs is 1. The molecule has 1 aliphatic heterocycles. The number of halogens is 2. The molecule has 1 atom stereocenters. The fourth-order valence-electron chi connectivity index (χ4n) is 4.27. The van der Waals surface area contributed by atoms with Crippen LogP contribution in [0, 0.1) is 17.6 Å². The van der Waals surface area contributed by atoms with Crippen molar-refractivity contribution in [2.24, 2.45) is 5.92 Å². The average Bonchev–Trinajstić information content (AvgIpc) is 3.32. The summed E-state index contributed by atoms with van der Waals surface area (Å²) in [5, 5.41) is 2.01. The zero-order valence-electron chi connectivity index (χ0n) is 19.7. The summed E-state index contributed by atoms with van der Waals surface area (Å²) in [5.41, 5.74) is 1.38. The number of benzene rings is 2. The van der Waals surface area contributed by atoms with Gasteiger partial charge in [0.05, 0.1) is 6.04 Å². The van der Waals surface area contributed by atoms with Gasteiger partial charge in [-0.3, -0.25) is 9.59 Å². The summed E-state index contributed by atoms with van der Waals surface area (Å²) in [6, 6.07) is 12.8. The van der Waals surface area contributed by atoms with Gasteiger partial charge in [0, 0.05) is 23.5 Å². The first-order chi connectivity index (χ1) is 16.8. The molecule has 5 nitrogen and oxygen atoms in total. The van der Waals surface area contributed by atoms with E-state index in [1.807, 2.05) is 25.3 Å². The Morgan fingerprint density at radius 3 is 2.37 bits per heavy atom. The molecule has 4 rings (SSSR count). The molecule has 184 valence electrons. The van der Waals surface area contributed by atoms with Gasteiger partial charge in [-0.25, -0.2) is 8.78 Å². The maximum absolute atomic E-state index is 13.5. The van der Waals surface area contributed by atoms with Gasteiger partial charge in [-0.1, -0.05) is 13.8 Å². The van der Waals surface area contributed by atoms with E-state index in [2.05, 4.69) is 0 Å². The third kappa shape index (κ3) is 6.06. The summed E-state index contributed by atoms with van der Waals surface area (Å²) in [6.07, 6.45) is 0.738. The van der Waals surface area contributed by atoms with Crippen LogP contribution in [-0.4, -0.2) is 47.9 Å². The monoisotopic (exact) mass is 498 g/mol. The molecule has 0 saturated carbocycles. The molecule has 0 unspecified atom stereocenters. The van der Waals surface area contributed by atoms with Crippen molar-refractivity contribution in [1.82, 2.24) is 9.80 Å². The number of ether oxygens (including phenoxy) is 1. The van der Waals surface area contributed by atoms with Crippen LogP contribution in [0.4, 0.5) is 8.78 Å². The number of hydrogen-bond donors (Lipinski definition) is 0. The summed E-state index contributed by atoms with van der Waals surface area (Å²) in [5.74, 6) is -0.575. The van der Waals surface area contributed by atoms with Crippen LogP contribution in [0.25, 0.3) is 0 Å². The Balaban J connectivity index is 1.52. The van der Waals surface area contributed by atoms with E-state index in [0.717, 1.165) is 12.0 Å². The highest BCUT2D eigenvalue weighted by molar-refractivity contribution is 7.10. The van der Waals surface area contributed by atoms with E-state index in [-0.39, 0.29) is 42.7 Å². The molecule has 0 radical (unpaired) electrons. The number of amides is 2. The zero-order chi connectivity index (χ0) is 24.9. The fourth-order valence-corrected chi connectivity index (χ4v) is 5.20. The van der Waals surface area contributed by atoms with E-state index < -0.39 is 5.82 Å². The van der Waals surface area contributed by atoms with Crippen LogP contribution < -0.4 is 4.74 Å². The molecule has 0 N–H and O–H groups in total. The van der Waals surface area contributed by atoms with Gasteiger partial charge < -0.3 is 14.5 Å². The number of thiophene rings is 1. The van der Waals surface area contributed by atoms with Crippen LogP contribution in [0.15, 0.2) is 60.0 Å². The topological polar surface area (TPSA) is 49.9 Å². The van der Waals surface area contributed by atoms with Crippen LogP contribution >= 0.6 is 11.3 Å². The Bertz CT molecular complexity index is 1160. The van der Waals surface area contributed by atoms with Crippen molar-refractivity contribution in [2.75, 3.05) is 26.2 Å². The molecule has 2 heterocycles. The molecule has 0 fully saturated rings. The predicted octanol–water partition coefficient (Wildman–Crippen LogP) is 5.33. The Kier molecular flexibility index (Phi) is 7.80. The van der Waals surface area contributed by atoms with E-state index in [1.165, 1.54) is 46.2 Å². The first-order valence-corrected chi connectivity index (χ1v) is 12.5. The van der Waals surface area contributed by atoms with Crippen LogP contribution in [0.3, 0.4) is 0 Å². The van der Waals surface area contributed by atoms with Crippen LogP contribution in [-0.2, 0) is 11.2 Å². The van der Waals surface area contributed by atoms with Gasteiger partial charge in [0.1, 0.15) is 30.5 Å². The molecule has 0 spiro atoms. The molecular formula is C27H28F2N2O3S. The zero-order valence-corrected chi connectivity index (χ0v) is 20.6. The van der Waals surface area contributed by atoms with E-state index >= 15 is 0 Å². The second-order valence-corrected chi connectivity index (χ2v) is 10.0. The van der Waals surface area contributed by atoms with Crippen LogP contribution in [0.1, 0.15) is 40.7 Å². The number of carbonyl (C=O) groups excluding carboxylic acids is 2. The summed E-state index contributed by atoms with van der Waals surface area (Å²) >= 11 is 1.65. The van der Waals surface area contributed by atoms with Gasteiger partial charge >= 0.3 is 0 Å². The highest BCUT2D eigenvalue weighted by Crippen LogP contribution is 2.34. The minimum Gasteiger partial charge on any atom is -0.491 e. The molecule has 2 amide bonds. The fraction of sp³-hybridized carbons (Fsp3) is 0.333. The Morgan fingerprint density at radius 1 is 1.06 bits per heavy atom. The van der Waals surface area contributed by atoms with Crippen molar-refractivity contribution < 1.29 is 23.1 Å². The van der Waals surface area contributed by atoms with Gasteiger partial charge in [-0.05, 0) is 77.9 Å². The maximum atomic E-state index is 13.5. The maximum Gasteiger partial charge on any atom is 0.254 e. The van der Waals surface area contributed by atoms with Gasteiger partial charge in [0.25, 0.3) is 5.91 Å². The second kappa shape index (κ2) is 11.0. The van der Waals surface area contributed by atoms with Gasteiger partial charge in [-0.15, -0.1) is 11.3 Å². The van der Waals surface area contributed by atoms with E-state index in [1.54, 1.807) is 28.4 Å². The first kappa shape index (κ1) is 24.9. The average molecular weight is 499 g/mol. The molecule has 0 saturated heterocycles. The molecule has 2 aromatic carbocycles. The summed E-state index contributed by atoms with van der Waals surface area (Å²) in [4.78, 5) is 31.2. The molecule has 8 heteroatoms. The Labute approximate surface area is 207 Å². The third-order valence-corrected chi connectivity index (χ3v) is 6.92. The second-order valence-electron chi connectivity index (χ2n) is 9.00. The number of hydrogen-bond acceptors (Lipinski definition) is 4. The van der Waals surface area contributed by atoms with E-state index in [0.29, 0.717) is 24.4 Å². The summed E-state index contributed by atoms with van der Waals surface area (Å²) in [6.45, 7) is 5.01. The van der Waals surface area contributed by atoms with Crippen molar-refractivity contribution in [3.8, 4) is 5.75 Å². The lowest BCUT2D eigenvalue weighted by molar-refractivity contribution is -0.135. The summed E-state index contributed by atoms with van der Waals surface area (Å²) in [7, 11) is 0. The summed E-state index contributed by atoms with van der Waals surface area (Å²) < 4.78 is 32.6. The Morgan fingerprint density at radius 2 is 1.71 bits per heavy atom. The largest absolute Gasteiger partial charge is 0.491 e. The standard InChI is InChI=1S/C27H28F2N2O3S/c1-18(2)15-30(27(33)19-3-5-20(28)6-4-19)16-26(32)31-13-11-25-23(12-14-35-25)24(31)17-34-22-9-7-21(29)8-10-22/h3-10,12,14,18,24H,11,13,15-17H2,1-2H3/t24-/m0/s1. The van der Waals surface area contributed by atoms with Crippen molar-refractivity contribution in [3.05, 3.63) is 87.6 Å². The van der Waals surface area contributed by atoms with Crippen LogP contribution in [0.5, 0.6) is 5.75 Å².